The van der Waals surface area contributed by atoms with E-state index in [-0.39, 0.29) is 11.7 Å². The molecule has 1 unspecified atom stereocenters. The van der Waals surface area contributed by atoms with Crippen LogP contribution in [0.3, 0.4) is 0 Å². The molecule has 1 atom stereocenters. The summed E-state index contributed by atoms with van der Waals surface area (Å²) in [6.07, 6.45) is 0. The molecule has 0 aliphatic carbocycles. The molecular formula is C11H10ClNO. The van der Waals surface area contributed by atoms with Gasteiger partial charge in [-0.15, -0.1) is 0 Å². The average Bonchev–Trinajstić information content (AvgIpc) is 2.16. The van der Waals surface area contributed by atoms with Gasteiger partial charge in [0.25, 0.3) is 0 Å². The van der Waals surface area contributed by atoms with Crippen molar-refractivity contribution in [1.29, 1.82) is 5.26 Å². The highest BCUT2D eigenvalue weighted by Crippen LogP contribution is 2.22. The monoisotopic (exact) mass is 207 g/mol. The number of halogens is 1. The van der Waals surface area contributed by atoms with E-state index in [9.17, 15) is 4.79 Å². The maximum atomic E-state index is 11.1. The first-order valence-electron chi connectivity index (χ1n) is 4.26. The van der Waals surface area contributed by atoms with Crippen LogP contribution >= 0.6 is 11.6 Å². The number of carbonyl (C=O) groups excluding carboxylic acids is 1. The lowest BCUT2D eigenvalue weighted by Crippen LogP contribution is -2.04. The third-order valence-electron chi connectivity index (χ3n) is 2.22. The Hall–Kier alpha value is -1.33. The van der Waals surface area contributed by atoms with Crippen LogP contribution in [-0.2, 0) is 4.79 Å². The predicted octanol–water partition coefficient (Wildman–Crippen LogP) is 2.90. The van der Waals surface area contributed by atoms with Crippen molar-refractivity contribution in [3.8, 4) is 6.07 Å². The number of ketones is 1. The molecule has 3 heteroatoms. The first-order valence-corrected chi connectivity index (χ1v) is 4.64. The number of nitriles is 1. The summed E-state index contributed by atoms with van der Waals surface area (Å²) in [6.45, 7) is 3.36. The van der Waals surface area contributed by atoms with Crippen molar-refractivity contribution < 1.29 is 4.79 Å². The van der Waals surface area contributed by atoms with Crippen molar-refractivity contribution in [1.82, 2.24) is 0 Å². The largest absolute Gasteiger partial charge is 0.299 e. The van der Waals surface area contributed by atoms with Gasteiger partial charge < -0.3 is 0 Å². The minimum Gasteiger partial charge on any atom is -0.299 e. The summed E-state index contributed by atoms with van der Waals surface area (Å²) >= 11 is 5.84. The van der Waals surface area contributed by atoms with Crippen molar-refractivity contribution in [3.63, 3.8) is 0 Å². The molecular weight excluding hydrogens is 198 g/mol. The standard InChI is InChI=1S/C11H10ClNO/c1-7(8(2)14)9-3-4-10(6-13)11(12)5-9/h3-5,7H,1-2H3. The Bertz CT molecular complexity index is 406. The molecule has 0 fully saturated rings. The highest BCUT2D eigenvalue weighted by Gasteiger charge is 2.11. The van der Waals surface area contributed by atoms with E-state index in [1.54, 1.807) is 18.2 Å². The fourth-order valence-corrected chi connectivity index (χ4v) is 1.36. The zero-order valence-electron chi connectivity index (χ0n) is 8.04. The Morgan fingerprint density at radius 1 is 1.57 bits per heavy atom. The predicted molar refractivity (Wildman–Crippen MR) is 55.3 cm³/mol. The van der Waals surface area contributed by atoms with Crippen molar-refractivity contribution in [2.45, 2.75) is 19.8 Å². The van der Waals surface area contributed by atoms with Gasteiger partial charge in [-0.1, -0.05) is 24.6 Å². The van der Waals surface area contributed by atoms with Crippen molar-refractivity contribution in [3.05, 3.63) is 34.3 Å². The lowest BCUT2D eigenvalue weighted by molar-refractivity contribution is -0.118. The molecule has 14 heavy (non-hydrogen) atoms. The van der Waals surface area contributed by atoms with E-state index in [1.807, 2.05) is 13.0 Å². The van der Waals surface area contributed by atoms with Crippen LogP contribution in [-0.4, -0.2) is 5.78 Å². The highest BCUT2D eigenvalue weighted by molar-refractivity contribution is 6.31. The van der Waals surface area contributed by atoms with Crippen LogP contribution in [0.15, 0.2) is 18.2 Å². The van der Waals surface area contributed by atoms with Gasteiger partial charge in [-0.3, -0.25) is 4.79 Å². The minimum atomic E-state index is -0.166. The van der Waals surface area contributed by atoms with Gasteiger partial charge >= 0.3 is 0 Å². The lowest BCUT2D eigenvalue weighted by Gasteiger charge is -2.08. The lowest BCUT2D eigenvalue weighted by atomic mass is 9.97. The number of Topliss-reactive ketones (excluding diaryl/α,β-unsaturated/α-hetero) is 1. The molecule has 0 saturated carbocycles. The van der Waals surface area contributed by atoms with Crippen molar-refractivity contribution in [2.24, 2.45) is 0 Å². The zero-order valence-corrected chi connectivity index (χ0v) is 8.80. The van der Waals surface area contributed by atoms with Gasteiger partial charge in [0.1, 0.15) is 11.9 Å². The van der Waals surface area contributed by atoms with Crippen molar-refractivity contribution in [2.75, 3.05) is 0 Å². The smallest absolute Gasteiger partial charge is 0.136 e. The Kier molecular flexibility index (Phi) is 3.27. The molecule has 0 spiro atoms. The molecule has 72 valence electrons. The van der Waals surface area contributed by atoms with Gasteiger partial charge in [0.15, 0.2) is 0 Å². The first-order chi connectivity index (χ1) is 6.56. The van der Waals surface area contributed by atoms with Gasteiger partial charge in [-0.2, -0.15) is 5.26 Å². The molecule has 1 rings (SSSR count). The minimum absolute atomic E-state index is 0.0887. The Morgan fingerprint density at radius 2 is 2.21 bits per heavy atom. The second-order valence-electron chi connectivity index (χ2n) is 3.18. The van der Waals surface area contributed by atoms with E-state index in [0.717, 1.165) is 5.56 Å². The summed E-state index contributed by atoms with van der Waals surface area (Å²) in [6, 6.07) is 7.04. The average molecular weight is 208 g/mol. The molecule has 0 aliphatic heterocycles. The normalized spacial score (nSPS) is 11.9. The van der Waals surface area contributed by atoms with Gasteiger partial charge in [-0.25, -0.2) is 0 Å². The molecule has 2 nitrogen and oxygen atoms in total. The van der Waals surface area contributed by atoms with Crippen molar-refractivity contribution >= 4 is 17.4 Å². The number of carbonyl (C=O) groups is 1. The summed E-state index contributed by atoms with van der Waals surface area (Å²) in [5.74, 6) is -0.0778. The maximum absolute atomic E-state index is 11.1. The van der Waals surface area contributed by atoms with E-state index in [2.05, 4.69) is 0 Å². The first kappa shape index (κ1) is 10.7. The van der Waals surface area contributed by atoms with Gasteiger partial charge in [0.2, 0.25) is 0 Å². The molecule has 0 aromatic heterocycles. The van der Waals surface area contributed by atoms with Crippen LogP contribution in [0.5, 0.6) is 0 Å². The fourth-order valence-electron chi connectivity index (χ4n) is 1.13. The second kappa shape index (κ2) is 4.26. The van der Waals surface area contributed by atoms with Crippen LogP contribution in [0.25, 0.3) is 0 Å². The van der Waals surface area contributed by atoms with Gasteiger partial charge in [0.05, 0.1) is 10.6 Å². The molecule has 1 aromatic carbocycles. The number of benzene rings is 1. The van der Waals surface area contributed by atoms with Crippen LogP contribution in [0, 0.1) is 11.3 Å². The molecule has 0 heterocycles. The Labute approximate surface area is 88.1 Å². The third kappa shape index (κ3) is 2.12. The van der Waals surface area contributed by atoms with E-state index in [4.69, 9.17) is 16.9 Å². The molecule has 0 N–H and O–H groups in total. The molecule has 1 aromatic rings. The summed E-state index contributed by atoms with van der Waals surface area (Å²) in [5.41, 5.74) is 1.28. The number of hydrogen-bond acceptors (Lipinski definition) is 2. The van der Waals surface area contributed by atoms with E-state index in [1.165, 1.54) is 6.92 Å². The fraction of sp³-hybridized carbons (Fsp3) is 0.273. The number of hydrogen-bond donors (Lipinski definition) is 0. The number of nitrogens with zero attached hydrogens (tertiary/aromatic N) is 1. The summed E-state index contributed by atoms with van der Waals surface area (Å²) < 4.78 is 0. The summed E-state index contributed by atoms with van der Waals surface area (Å²) in [5, 5.41) is 9.06. The van der Waals surface area contributed by atoms with Gasteiger partial charge in [0, 0.05) is 5.92 Å². The molecule has 0 amide bonds. The van der Waals surface area contributed by atoms with E-state index < -0.39 is 0 Å². The van der Waals surface area contributed by atoms with Gasteiger partial charge in [-0.05, 0) is 24.6 Å². The SMILES string of the molecule is CC(=O)C(C)c1ccc(C#N)c(Cl)c1. The summed E-state index contributed by atoms with van der Waals surface area (Å²) in [4.78, 5) is 11.1. The highest BCUT2D eigenvalue weighted by atomic mass is 35.5. The van der Waals surface area contributed by atoms with Crippen LogP contribution < -0.4 is 0 Å². The quantitative estimate of drug-likeness (QED) is 0.748. The number of rotatable bonds is 2. The Morgan fingerprint density at radius 3 is 2.64 bits per heavy atom. The van der Waals surface area contributed by atoms with Crippen LogP contribution in [0.4, 0.5) is 0 Å². The van der Waals surface area contributed by atoms with Crippen LogP contribution in [0.1, 0.15) is 30.9 Å². The van der Waals surface area contributed by atoms with Crippen LogP contribution in [0.2, 0.25) is 5.02 Å². The molecule has 0 aliphatic rings. The topological polar surface area (TPSA) is 40.9 Å². The molecule has 0 saturated heterocycles. The van der Waals surface area contributed by atoms with E-state index in [0.29, 0.717) is 10.6 Å². The second-order valence-corrected chi connectivity index (χ2v) is 3.59. The third-order valence-corrected chi connectivity index (χ3v) is 2.54. The Balaban J connectivity index is 3.10. The molecule has 0 radical (unpaired) electrons. The van der Waals surface area contributed by atoms with E-state index >= 15 is 0 Å². The summed E-state index contributed by atoms with van der Waals surface area (Å²) in [7, 11) is 0. The maximum Gasteiger partial charge on any atom is 0.136 e. The zero-order chi connectivity index (χ0) is 10.7. The molecule has 0 bridgehead atoms.